The first-order valence-electron chi connectivity index (χ1n) is 9.54. The average Bonchev–Trinajstić information content (AvgIpc) is 3.09. The van der Waals surface area contributed by atoms with Gasteiger partial charge in [0.25, 0.3) is 0 Å². The van der Waals surface area contributed by atoms with Crippen LogP contribution < -0.4 is 5.32 Å². The third-order valence-corrected chi connectivity index (χ3v) is 5.53. The van der Waals surface area contributed by atoms with Crippen molar-refractivity contribution in [3.05, 3.63) is 42.1 Å². The second kappa shape index (κ2) is 8.67. The predicted molar refractivity (Wildman–Crippen MR) is 104 cm³/mol. The van der Waals surface area contributed by atoms with E-state index in [0.29, 0.717) is 13.1 Å². The van der Waals surface area contributed by atoms with Crippen LogP contribution in [0.2, 0.25) is 0 Å². The SMILES string of the molecule is COC(=O)C1(NCCn2nc(-c3ccccc3)cc2C)CCC(OC)CC1. The van der Waals surface area contributed by atoms with Crippen LogP contribution in [0.1, 0.15) is 31.4 Å². The molecule has 6 nitrogen and oxygen atoms in total. The van der Waals surface area contributed by atoms with Gasteiger partial charge in [-0.05, 0) is 38.7 Å². The van der Waals surface area contributed by atoms with Gasteiger partial charge in [-0.25, -0.2) is 0 Å². The zero-order chi connectivity index (χ0) is 19.3. The molecule has 1 aliphatic rings. The summed E-state index contributed by atoms with van der Waals surface area (Å²) in [5, 5.41) is 8.18. The lowest BCUT2D eigenvalue weighted by Crippen LogP contribution is -2.56. The quantitative estimate of drug-likeness (QED) is 0.758. The summed E-state index contributed by atoms with van der Waals surface area (Å²) in [7, 11) is 3.19. The Hall–Kier alpha value is -2.18. The fourth-order valence-corrected chi connectivity index (χ4v) is 3.86. The minimum Gasteiger partial charge on any atom is -0.468 e. The topological polar surface area (TPSA) is 65.4 Å². The molecule has 0 aliphatic heterocycles. The maximum Gasteiger partial charge on any atom is 0.326 e. The first-order chi connectivity index (χ1) is 13.1. The molecule has 1 aliphatic carbocycles. The van der Waals surface area contributed by atoms with E-state index >= 15 is 0 Å². The van der Waals surface area contributed by atoms with E-state index in [2.05, 4.69) is 30.4 Å². The maximum absolute atomic E-state index is 12.4. The van der Waals surface area contributed by atoms with Crippen molar-refractivity contribution >= 4 is 5.97 Å². The zero-order valence-corrected chi connectivity index (χ0v) is 16.4. The molecule has 0 radical (unpaired) electrons. The molecule has 0 amide bonds. The second-order valence-electron chi connectivity index (χ2n) is 7.20. The summed E-state index contributed by atoms with van der Waals surface area (Å²) in [5.41, 5.74) is 2.56. The van der Waals surface area contributed by atoms with Crippen molar-refractivity contribution in [3.63, 3.8) is 0 Å². The number of hydrogen-bond acceptors (Lipinski definition) is 5. The van der Waals surface area contributed by atoms with Gasteiger partial charge in [0, 0.05) is 24.9 Å². The number of ether oxygens (including phenoxy) is 2. The molecule has 1 fully saturated rings. The number of hydrogen-bond donors (Lipinski definition) is 1. The highest BCUT2D eigenvalue weighted by Gasteiger charge is 2.42. The third kappa shape index (κ3) is 4.39. The Bertz CT molecular complexity index is 749. The van der Waals surface area contributed by atoms with E-state index in [1.807, 2.05) is 22.9 Å². The van der Waals surface area contributed by atoms with Crippen LogP contribution >= 0.6 is 0 Å². The summed E-state index contributed by atoms with van der Waals surface area (Å²) in [6.07, 6.45) is 3.40. The van der Waals surface area contributed by atoms with Gasteiger partial charge in [0.15, 0.2) is 0 Å². The summed E-state index contributed by atoms with van der Waals surface area (Å²) in [5.74, 6) is -0.181. The molecule has 1 aromatic carbocycles. The number of nitrogens with one attached hydrogen (secondary N) is 1. The minimum atomic E-state index is -0.618. The lowest BCUT2D eigenvalue weighted by molar-refractivity contribution is -0.151. The number of nitrogens with zero attached hydrogens (tertiary/aromatic N) is 2. The van der Waals surface area contributed by atoms with Gasteiger partial charge in [-0.3, -0.25) is 9.48 Å². The van der Waals surface area contributed by atoms with Crippen LogP contribution in [0.3, 0.4) is 0 Å². The summed E-state index contributed by atoms with van der Waals surface area (Å²) in [4.78, 5) is 12.4. The van der Waals surface area contributed by atoms with E-state index in [-0.39, 0.29) is 12.1 Å². The lowest BCUT2D eigenvalue weighted by atomic mass is 9.80. The van der Waals surface area contributed by atoms with Gasteiger partial charge in [-0.2, -0.15) is 5.10 Å². The molecular weight excluding hydrogens is 342 g/mol. The molecule has 0 unspecified atom stereocenters. The van der Waals surface area contributed by atoms with Crippen molar-refractivity contribution < 1.29 is 14.3 Å². The third-order valence-electron chi connectivity index (χ3n) is 5.53. The average molecular weight is 371 g/mol. The van der Waals surface area contributed by atoms with E-state index < -0.39 is 5.54 Å². The molecule has 1 N–H and O–H groups in total. The van der Waals surface area contributed by atoms with Crippen molar-refractivity contribution in [2.24, 2.45) is 0 Å². The van der Waals surface area contributed by atoms with Gasteiger partial charge in [0.05, 0.1) is 25.5 Å². The van der Waals surface area contributed by atoms with Crippen LogP contribution in [-0.4, -0.2) is 48.2 Å². The second-order valence-corrected chi connectivity index (χ2v) is 7.20. The van der Waals surface area contributed by atoms with Gasteiger partial charge in [0.1, 0.15) is 5.54 Å². The van der Waals surface area contributed by atoms with Crippen LogP contribution in [0.4, 0.5) is 0 Å². The Labute approximate surface area is 160 Å². The highest BCUT2D eigenvalue weighted by molar-refractivity contribution is 5.80. The molecule has 0 saturated heterocycles. The number of methoxy groups -OCH3 is 2. The number of carbonyl (C=O) groups is 1. The fraction of sp³-hybridized carbons (Fsp3) is 0.524. The van der Waals surface area contributed by atoms with Gasteiger partial charge >= 0.3 is 5.97 Å². The molecule has 27 heavy (non-hydrogen) atoms. The van der Waals surface area contributed by atoms with Crippen LogP contribution in [0, 0.1) is 6.92 Å². The van der Waals surface area contributed by atoms with Crippen LogP contribution in [-0.2, 0) is 20.8 Å². The van der Waals surface area contributed by atoms with E-state index in [9.17, 15) is 4.79 Å². The zero-order valence-electron chi connectivity index (χ0n) is 16.4. The number of benzene rings is 1. The molecular formula is C21H29N3O3. The van der Waals surface area contributed by atoms with Gasteiger partial charge in [0.2, 0.25) is 0 Å². The van der Waals surface area contributed by atoms with E-state index in [4.69, 9.17) is 14.6 Å². The summed E-state index contributed by atoms with van der Waals surface area (Å²) < 4.78 is 12.5. The van der Waals surface area contributed by atoms with E-state index in [1.165, 1.54) is 7.11 Å². The van der Waals surface area contributed by atoms with E-state index in [0.717, 1.165) is 42.6 Å². The highest BCUT2D eigenvalue weighted by atomic mass is 16.5. The van der Waals surface area contributed by atoms with Crippen LogP contribution in [0.15, 0.2) is 36.4 Å². The molecule has 2 aromatic rings. The molecule has 1 aromatic heterocycles. The Balaban J connectivity index is 1.64. The Morgan fingerprint density at radius 1 is 1.26 bits per heavy atom. The number of aryl methyl sites for hydroxylation is 1. The molecule has 1 saturated carbocycles. The first kappa shape index (κ1) is 19.6. The molecule has 6 heteroatoms. The Morgan fingerprint density at radius 2 is 1.96 bits per heavy atom. The Kier molecular flexibility index (Phi) is 6.29. The van der Waals surface area contributed by atoms with Crippen molar-refractivity contribution in [1.82, 2.24) is 15.1 Å². The van der Waals surface area contributed by atoms with Crippen molar-refractivity contribution in [1.29, 1.82) is 0 Å². The van der Waals surface area contributed by atoms with Crippen LogP contribution in [0.5, 0.6) is 0 Å². The molecule has 0 spiro atoms. The number of aromatic nitrogens is 2. The molecule has 3 rings (SSSR count). The van der Waals surface area contributed by atoms with Crippen molar-refractivity contribution in [2.75, 3.05) is 20.8 Å². The fourth-order valence-electron chi connectivity index (χ4n) is 3.86. The number of carbonyl (C=O) groups excluding carboxylic acids is 1. The summed E-state index contributed by atoms with van der Waals surface area (Å²) in [6.45, 7) is 3.41. The lowest BCUT2D eigenvalue weighted by Gasteiger charge is -2.38. The smallest absolute Gasteiger partial charge is 0.326 e. The van der Waals surface area contributed by atoms with Gasteiger partial charge in [-0.15, -0.1) is 0 Å². The normalized spacial score (nSPS) is 22.6. The summed E-state index contributed by atoms with van der Waals surface area (Å²) in [6, 6.07) is 12.2. The largest absolute Gasteiger partial charge is 0.468 e. The number of rotatable bonds is 7. The van der Waals surface area contributed by atoms with Crippen molar-refractivity contribution in [2.45, 2.75) is 50.8 Å². The molecule has 0 atom stereocenters. The summed E-state index contributed by atoms with van der Waals surface area (Å²) >= 11 is 0. The van der Waals surface area contributed by atoms with Gasteiger partial charge < -0.3 is 14.8 Å². The van der Waals surface area contributed by atoms with Crippen molar-refractivity contribution in [3.8, 4) is 11.3 Å². The number of esters is 1. The predicted octanol–water partition coefficient (Wildman–Crippen LogP) is 2.95. The molecule has 1 heterocycles. The standard InChI is InChI=1S/C21H29N3O3/c1-16-15-19(17-7-5-4-6-8-17)23-24(16)14-13-22-21(20(25)27-3)11-9-18(26-2)10-12-21/h4-8,15,18,22H,9-14H2,1-3H3. The highest BCUT2D eigenvalue weighted by Crippen LogP contribution is 2.31. The maximum atomic E-state index is 12.4. The van der Waals surface area contributed by atoms with Crippen LogP contribution in [0.25, 0.3) is 11.3 Å². The Morgan fingerprint density at radius 3 is 2.59 bits per heavy atom. The monoisotopic (exact) mass is 371 g/mol. The first-order valence-corrected chi connectivity index (χ1v) is 9.54. The van der Waals surface area contributed by atoms with E-state index in [1.54, 1.807) is 7.11 Å². The van der Waals surface area contributed by atoms with Gasteiger partial charge in [-0.1, -0.05) is 30.3 Å². The molecule has 146 valence electrons. The minimum absolute atomic E-state index is 0.181. The molecule has 0 bridgehead atoms.